The lowest BCUT2D eigenvalue weighted by atomic mass is 10.0. The van der Waals surface area contributed by atoms with E-state index in [4.69, 9.17) is 33.2 Å². The van der Waals surface area contributed by atoms with Crippen LogP contribution in [0.1, 0.15) is 22.3 Å². The summed E-state index contributed by atoms with van der Waals surface area (Å²) in [5.74, 6) is 0. The maximum Gasteiger partial charge on any atom is 0.0886 e. The first-order chi connectivity index (χ1) is 16.5. The van der Waals surface area contributed by atoms with Crippen molar-refractivity contribution in [2.45, 2.75) is 13.8 Å². The molecule has 0 atom stereocenters. The summed E-state index contributed by atoms with van der Waals surface area (Å²) in [6.07, 6.45) is 3.65. The lowest BCUT2D eigenvalue weighted by molar-refractivity contribution is 1.43. The minimum atomic E-state index is 0.680. The van der Waals surface area contributed by atoms with Crippen molar-refractivity contribution in [3.05, 3.63) is 117 Å². The van der Waals surface area contributed by atoms with Gasteiger partial charge in [-0.1, -0.05) is 83.9 Å². The number of nitrogens with zero attached hydrogens (tertiary/aromatic N) is 2. The van der Waals surface area contributed by atoms with Gasteiger partial charge in [0.2, 0.25) is 0 Å². The fourth-order valence-corrected chi connectivity index (χ4v) is 4.89. The molecule has 5 aromatic carbocycles. The van der Waals surface area contributed by atoms with Crippen LogP contribution in [0.15, 0.2) is 94.9 Å². The van der Waals surface area contributed by atoms with E-state index < -0.39 is 0 Å². The summed E-state index contributed by atoms with van der Waals surface area (Å²) in [6, 6.07) is 28.2. The van der Waals surface area contributed by atoms with Gasteiger partial charge in [-0.2, -0.15) is 0 Å². The molecule has 0 aromatic heterocycles. The minimum absolute atomic E-state index is 0.680. The smallest absolute Gasteiger partial charge is 0.0886 e. The van der Waals surface area contributed by atoms with Crippen LogP contribution >= 0.6 is 23.2 Å². The molecule has 0 aliphatic rings. The molecular weight excluding hydrogens is 459 g/mol. The Morgan fingerprint density at radius 3 is 1.38 bits per heavy atom. The van der Waals surface area contributed by atoms with Gasteiger partial charge in [-0.15, -0.1) is 0 Å². The quantitative estimate of drug-likeness (QED) is 0.229. The van der Waals surface area contributed by atoms with E-state index in [-0.39, 0.29) is 0 Å². The number of aryl methyl sites for hydroxylation is 2. The van der Waals surface area contributed by atoms with E-state index in [9.17, 15) is 0 Å². The molecule has 0 unspecified atom stereocenters. The van der Waals surface area contributed by atoms with Gasteiger partial charge in [0.1, 0.15) is 0 Å². The van der Waals surface area contributed by atoms with Crippen molar-refractivity contribution in [3.63, 3.8) is 0 Å². The summed E-state index contributed by atoms with van der Waals surface area (Å²) in [6.45, 7) is 4.15. The van der Waals surface area contributed by atoms with E-state index in [2.05, 4.69) is 38.1 Å². The lowest BCUT2D eigenvalue weighted by Gasteiger charge is -2.09. The average Bonchev–Trinajstić information content (AvgIpc) is 2.84. The van der Waals surface area contributed by atoms with Crippen molar-refractivity contribution in [1.82, 2.24) is 0 Å². The summed E-state index contributed by atoms with van der Waals surface area (Å²) in [5, 5.41) is 5.94. The SMILES string of the molecule is Cc1c(C=Nc2ccccc2N=Cc2c(Cl)cc3ccccc3c2C)c(Cl)cc2ccccc12. The molecule has 0 aliphatic heterocycles. The van der Waals surface area contributed by atoms with Crippen molar-refractivity contribution in [1.29, 1.82) is 0 Å². The van der Waals surface area contributed by atoms with E-state index in [0.29, 0.717) is 10.0 Å². The van der Waals surface area contributed by atoms with Gasteiger partial charge in [0.15, 0.2) is 0 Å². The molecule has 166 valence electrons. The molecule has 2 nitrogen and oxygen atoms in total. The Morgan fingerprint density at radius 2 is 0.941 bits per heavy atom. The van der Waals surface area contributed by atoms with Gasteiger partial charge in [0.25, 0.3) is 0 Å². The van der Waals surface area contributed by atoms with Crippen molar-refractivity contribution in [2.24, 2.45) is 9.98 Å². The maximum absolute atomic E-state index is 6.60. The molecular formula is C30H22Cl2N2. The van der Waals surface area contributed by atoms with Gasteiger partial charge in [-0.3, -0.25) is 9.98 Å². The molecule has 4 heteroatoms. The zero-order valence-electron chi connectivity index (χ0n) is 18.9. The summed E-state index contributed by atoms with van der Waals surface area (Å²) in [7, 11) is 0. The second-order valence-corrected chi connectivity index (χ2v) is 9.06. The van der Waals surface area contributed by atoms with Gasteiger partial charge >= 0.3 is 0 Å². The average molecular weight is 481 g/mol. The molecule has 5 rings (SSSR count). The van der Waals surface area contributed by atoms with Crippen LogP contribution in [0.25, 0.3) is 21.5 Å². The molecule has 0 aliphatic carbocycles. The fraction of sp³-hybridized carbons (Fsp3) is 0.0667. The van der Waals surface area contributed by atoms with Crippen LogP contribution in [-0.4, -0.2) is 12.4 Å². The Hall–Kier alpha value is -3.46. The Kier molecular flexibility index (Phi) is 6.19. The molecule has 0 saturated carbocycles. The van der Waals surface area contributed by atoms with Crippen molar-refractivity contribution < 1.29 is 0 Å². The lowest BCUT2D eigenvalue weighted by Crippen LogP contribution is -1.92. The molecule has 0 radical (unpaired) electrons. The van der Waals surface area contributed by atoms with E-state index >= 15 is 0 Å². The van der Waals surface area contributed by atoms with Crippen LogP contribution in [0.4, 0.5) is 11.4 Å². The van der Waals surface area contributed by atoms with Gasteiger partial charge in [0.05, 0.1) is 21.4 Å². The predicted octanol–water partition coefficient (Wildman–Crippen LogP) is 9.42. The monoisotopic (exact) mass is 480 g/mol. The van der Waals surface area contributed by atoms with Gasteiger partial charge < -0.3 is 0 Å². The zero-order valence-corrected chi connectivity index (χ0v) is 20.4. The molecule has 5 aromatic rings. The third kappa shape index (κ3) is 4.23. The number of benzene rings is 5. The first-order valence-corrected chi connectivity index (χ1v) is 11.8. The first kappa shape index (κ1) is 22.3. The molecule has 0 heterocycles. The number of hydrogen-bond acceptors (Lipinski definition) is 2. The summed E-state index contributed by atoms with van der Waals surface area (Å²) in [5.41, 5.74) is 5.55. The first-order valence-electron chi connectivity index (χ1n) is 11.1. The number of rotatable bonds is 4. The van der Waals surface area contributed by atoms with Crippen LogP contribution in [-0.2, 0) is 0 Å². The Balaban J connectivity index is 1.52. The standard InChI is InChI=1S/C30H22Cl2N2/c1-19-23-11-5-3-9-21(23)15-27(31)25(19)17-33-29-13-7-8-14-30(29)34-18-26-20(2)24-12-6-4-10-22(24)16-28(26)32/h3-18H,1-2H3. The predicted molar refractivity (Wildman–Crippen MR) is 148 cm³/mol. The van der Waals surface area contributed by atoms with Gasteiger partial charge in [0, 0.05) is 23.6 Å². The zero-order chi connectivity index (χ0) is 23.7. The highest BCUT2D eigenvalue weighted by Crippen LogP contribution is 2.32. The summed E-state index contributed by atoms with van der Waals surface area (Å²) < 4.78 is 0. The highest BCUT2D eigenvalue weighted by molar-refractivity contribution is 6.35. The third-order valence-electron chi connectivity index (χ3n) is 6.16. The number of hydrogen-bond donors (Lipinski definition) is 0. The van der Waals surface area contributed by atoms with Crippen LogP contribution in [0.3, 0.4) is 0 Å². The Labute approximate surface area is 209 Å². The molecule has 0 fully saturated rings. The minimum Gasteiger partial charge on any atom is -0.254 e. The third-order valence-corrected chi connectivity index (χ3v) is 6.79. The van der Waals surface area contributed by atoms with Crippen molar-refractivity contribution in [3.8, 4) is 0 Å². The van der Waals surface area contributed by atoms with Crippen LogP contribution in [0.5, 0.6) is 0 Å². The normalized spacial score (nSPS) is 11.9. The summed E-state index contributed by atoms with van der Waals surface area (Å²) in [4.78, 5) is 9.51. The largest absolute Gasteiger partial charge is 0.254 e. The van der Waals surface area contributed by atoms with Crippen LogP contribution in [0, 0.1) is 13.8 Å². The van der Waals surface area contributed by atoms with Gasteiger partial charge in [-0.25, -0.2) is 0 Å². The molecule has 0 N–H and O–H groups in total. The molecule has 0 amide bonds. The highest BCUT2D eigenvalue weighted by atomic mass is 35.5. The second-order valence-electron chi connectivity index (χ2n) is 8.24. The number of para-hydroxylation sites is 2. The summed E-state index contributed by atoms with van der Waals surface area (Å²) >= 11 is 13.2. The van der Waals surface area contributed by atoms with E-state index in [1.165, 1.54) is 10.8 Å². The highest BCUT2D eigenvalue weighted by Gasteiger charge is 2.09. The van der Waals surface area contributed by atoms with Crippen LogP contribution in [0.2, 0.25) is 10.0 Å². The Bertz CT molecular complexity index is 1480. The topological polar surface area (TPSA) is 24.7 Å². The fourth-order valence-electron chi connectivity index (χ4n) is 4.27. The van der Waals surface area contributed by atoms with Crippen molar-refractivity contribution >= 4 is 68.6 Å². The van der Waals surface area contributed by atoms with E-state index in [1.54, 1.807) is 0 Å². The molecule has 34 heavy (non-hydrogen) atoms. The van der Waals surface area contributed by atoms with Gasteiger partial charge in [-0.05, 0) is 70.8 Å². The van der Waals surface area contributed by atoms with Crippen LogP contribution < -0.4 is 0 Å². The Morgan fingerprint density at radius 1 is 0.559 bits per heavy atom. The second kappa shape index (κ2) is 9.42. The van der Waals surface area contributed by atoms with E-state index in [1.807, 2.05) is 73.1 Å². The van der Waals surface area contributed by atoms with E-state index in [0.717, 1.165) is 44.4 Å². The number of halogens is 2. The molecule has 0 bridgehead atoms. The van der Waals surface area contributed by atoms with Crippen molar-refractivity contribution in [2.75, 3.05) is 0 Å². The number of aliphatic imine (C=N–C) groups is 2. The maximum atomic E-state index is 6.60. The number of fused-ring (bicyclic) bond motifs is 2. The molecule has 0 spiro atoms. The molecule has 0 saturated heterocycles.